The van der Waals surface area contributed by atoms with Crippen molar-refractivity contribution < 1.29 is 14.3 Å². The lowest BCUT2D eigenvalue weighted by molar-refractivity contribution is -0.149. The van der Waals surface area contributed by atoms with Gasteiger partial charge in [-0.15, -0.1) is 0 Å². The molecule has 2 heterocycles. The van der Waals surface area contributed by atoms with Crippen LogP contribution in [0.4, 0.5) is 0 Å². The zero-order valence-electron chi connectivity index (χ0n) is 14.5. The molecule has 0 N–H and O–H groups in total. The van der Waals surface area contributed by atoms with E-state index in [1.54, 1.807) is 0 Å². The SMILES string of the molecule is CCOC(=O)C1CCN(C2=NC(=O)C(=Cc3ccc(C)cc3)S2)CC1. The maximum atomic E-state index is 12.2. The van der Waals surface area contributed by atoms with Crippen molar-refractivity contribution in [1.29, 1.82) is 0 Å². The first kappa shape index (κ1) is 17.7. The number of esters is 1. The number of benzene rings is 1. The third kappa shape index (κ3) is 4.31. The number of nitrogens with zero attached hydrogens (tertiary/aromatic N) is 2. The van der Waals surface area contributed by atoms with Gasteiger partial charge in [-0.1, -0.05) is 29.8 Å². The molecule has 0 saturated carbocycles. The van der Waals surface area contributed by atoms with Crippen LogP contribution in [0.1, 0.15) is 30.9 Å². The van der Waals surface area contributed by atoms with Crippen molar-refractivity contribution in [3.8, 4) is 0 Å². The van der Waals surface area contributed by atoms with Crippen LogP contribution in [-0.2, 0) is 14.3 Å². The van der Waals surface area contributed by atoms with Crippen LogP contribution in [0.15, 0.2) is 34.2 Å². The summed E-state index contributed by atoms with van der Waals surface area (Å²) in [4.78, 5) is 30.9. The van der Waals surface area contributed by atoms with Crippen molar-refractivity contribution in [2.45, 2.75) is 26.7 Å². The fraction of sp³-hybridized carbons (Fsp3) is 0.421. The largest absolute Gasteiger partial charge is 0.466 e. The van der Waals surface area contributed by atoms with Gasteiger partial charge in [0.05, 0.1) is 17.4 Å². The Kier molecular flexibility index (Phi) is 5.58. The number of carbonyl (C=O) groups excluding carboxylic acids is 2. The fourth-order valence-corrected chi connectivity index (χ4v) is 3.88. The van der Waals surface area contributed by atoms with Gasteiger partial charge in [0.1, 0.15) is 0 Å². The van der Waals surface area contributed by atoms with E-state index in [0.29, 0.717) is 11.5 Å². The molecule has 0 aromatic heterocycles. The van der Waals surface area contributed by atoms with Crippen molar-refractivity contribution in [3.05, 3.63) is 40.3 Å². The fourth-order valence-electron chi connectivity index (χ4n) is 2.91. The average molecular weight is 358 g/mol. The highest BCUT2D eigenvalue weighted by Gasteiger charge is 2.31. The van der Waals surface area contributed by atoms with Gasteiger partial charge in [0.15, 0.2) is 5.17 Å². The van der Waals surface area contributed by atoms with Gasteiger partial charge in [-0.2, -0.15) is 4.99 Å². The smallest absolute Gasteiger partial charge is 0.309 e. The highest BCUT2D eigenvalue weighted by atomic mass is 32.2. The number of piperidine rings is 1. The highest BCUT2D eigenvalue weighted by molar-refractivity contribution is 8.18. The van der Waals surface area contributed by atoms with Gasteiger partial charge >= 0.3 is 5.97 Å². The maximum absolute atomic E-state index is 12.2. The summed E-state index contributed by atoms with van der Waals surface area (Å²) >= 11 is 1.42. The molecule has 0 unspecified atom stereocenters. The van der Waals surface area contributed by atoms with E-state index >= 15 is 0 Å². The van der Waals surface area contributed by atoms with Gasteiger partial charge in [0, 0.05) is 13.1 Å². The number of hydrogen-bond acceptors (Lipinski definition) is 5. The van der Waals surface area contributed by atoms with Gasteiger partial charge in [-0.25, -0.2) is 0 Å². The summed E-state index contributed by atoms with van der Waals surface area (Å²) in [5.74, 6) is -0.339. The maximum Gasteiger partial charge on any atom is 0.309 e. The third-order valence-corrected chi connectivity index (χ3v) is 5.41. The Bertz CT molecular complexity index is 717. The molecule has 132 valence electrons. The van der Waals surface area contributed by atoms with Crippen LogP contribution in [0, 0.1) is 12.8 Å². The number of carbonyl (C=O) groups is 2. The number of amides is 1. The molecule has 2 aliphatic heterocycles. The lowest BCUT2D eigenvalue weighted by Gasteiger charge is -2.31. The van der Waals surface area contributed by atoms with E-state index in [1.807, 2.05) is 44.2 Å². The van der Waals surface area contributed by atoms with Crippen molar-refractivity contribution >= 4 is 34.9 Å². The van der Waals surface area contributed by atoms with Crippen LogP contribution in [0.5, 0.6) is 0 Å². The minimum Gasteiger partial charge on any atom is -0.466 e. The second-order valence-electron chi connectivity index (χ2n) is 6.23. The average Bonchev–Trinajstić information content (AvgIpc) is 2.98. The Morgan fingerprint density at radius 3 is 2.64 bits per heavy atom. The standard InChI is InChI=1S/C19H22N2O3S/c1-3-24-18(23)15-8-10-21(11-9-15)19-20-17(22)16(25-19)12-14-6-4-13(2)5-7-14/h4-7,12,15H,3,8-11H2,1-2H3. The zero-order chi connectivity index (χ0) is 17.8. The molecule has 1 fully saturated rings. The Morgan fingerprint density at radius 2 is 2.00 bits per heavy atom. The summed E-state index contributed by atoms with van der Waals surface area (Å²) in [6, 6.07) is 8.05. The number of hydrogen-bond donors (Lipinski definition) is 0. The molecule has 0 atom stereocenters. The Hall–Kier alpha value is -2.08. The van der Waals surface area contributed by atoms with E-state index in [4.69, 9.17) is 4.74 Å². The van der Waals surface area contributed by atoms with Crippen molar-refractivity contribution in [2.24, 2.45) is 10.9 Å². The van der Waals surface area contributed by atoms with E-state index in [1.165, 1.54) is 17.3 Å². The van der Waals surface area contributed by atoms with Gasteiger partial charge < -0.3 is 9.64 Å². The quantitative estimate of drug-likeness (QED) is 0.613. The minimum atomic E-state index is -0.187. The topological polar surface area (TPSA) is 59.0 Å². The summed E-state index contributed by atoms with van der Waals surface area (Å²) in [6.07, 6.45) is 3.36. The predicted octanol–water partition coefficient (Wildman–Crippen LogP) is 3.24. The molecular formula is C19H22N2O3S. The number of thioether (sulfide) groups is 1. The molecule has 2 aliphatic rings. The normalized spacial score (nSPS) is 20.1. The first-order valence-electron chi connectivity index (χ1n) is 8.57. The molecule has 1 aromatic carbocycles. The summed E-state index contributed by atoms with van der Waals surface area (Å²) in [6.45, 7) is 5.72. The van der Waals surface area contributed by atoms with Crippen molar-refractivity contribution in [1.82, 2.24) is 4.90 Å². The van der Waals surface area contributed by atoms with E-state index in [-0.39, 0.29) is 17.8 Å². The summed E-state index contributed by atoms with van der Waals surface area (Å²) < 4.78 is 5.09. The first-order valence-corrected chi connectivity index (χ1v) is 9.39. The molecule has 1 saturated heterocycles. The van der Waals surface area contributed by atoms with E-state index in [2.05, 4.69) is 9.89 Å². The number of amidine groups is 1. The summed E-state index contributed by atoms with van der Waals surface area (Å²) in [7, 11) is 0. The van der Waals surface area contributed by atoms with Gasteiger partial charge in [-0.3, -0.25) is 9.59 Å². The number of likely N-dealkylation sites (tertiary alicyclic amines) is 1. The van der Waals surface area contributed by atoms with E-state index in [9.17, 15) is 9.59 Å². The molecule has 3 rings (SSSR count). The van der Waals surface area contributed by atoms with Crippen LogP contribution in [0.2, 0.25) is 0 Å². The first-order chi connectivity index (χ1) is 12.1. The van der Waals surface area contributed by atoms with E-state index < -0.39 is 0 Å². The molecule has 1 aromatic rings. The Labute approximate surface area is 152 Å². The molecule has 0 aliphatic carbocycles. The minimum absolute atomic E-state index is 0.0403. The van der Waals surface area contributed by atoms with Crippen LogP contribution in [0.3, 0.4) is 0 Å². The van der Waals surface area contributed by atoms with Crippen molar-refractivity contribution in [3.63, 3.8) is 0 Å². The van der Waals surface area contributed by atoms with Crippen LogP contribution >= 0.6 is 11.8 Å². The summed E-state index contributed by atoms with van der Waals surface area (Å²) in [5, 5.41) is 0.741. The molecule has 0 bridgehead atoms. The number of ether oxygens (including phenoxy) is 1. The van der Waals surface area contributed by atoms with Crippen LogP contribution in [0.25, 0.3) is 6.08 Å². The Morgan fingerprint density at radius 1 is 1.32 bits per heavy atom. The molecule has 1 amide bonds. The van der Waals surface area contributed by atoms with Crippen LogP contribution < -0.4 is 0 Å². The Balaban J connectivity index is 1.60. The molecule has 5 nitrogen and oxygen atoms in total. The third-order valence-electron chi connectivity index (χ3n) is 4.37. The van der Waals surface area contributed by atoms with Crippen molar-refractivity contribution in [2.75, 3.05) is 19.7 Å². The highest BCUT2D eigenvalue weighted by Crippen LogP contribution is 2.32. The van der Waals surface area contributed by atoms with Crippen LogP contribution in [-0.4, -0.2) is 41.6 Å². The monoisotopic (exact) mass is 358 g/mol. The lowest BCUT2D eigenvalue weighted by Crippen LogP contribution is -2.39. The van der Waals surface area contributed by atoms with Gasteiger partial charge in [0.2, 0.25) is 0 Å². The second kappa shape index (κ2) is 7.87. The molecule has 6 heteroatoms. The molecule has 0 spiro atoms. The van der Waals surface area contributed by atoms with Gasteiger partial charge in [-0.05, 0) is 50.1 Å². The number of rotatable bonds is 3. The molecule has 0 radical (unpaired) electrons. The zero-order valence-corrected chi connectivity index (χ0v) is 15.3. The molecule has 25 heavy (non-hydrogen) atoms. The number of aryl methyl sites for hydroxylation is 1. The predicted molar refractivity (Wildman–Crippen MR) is 100 cm³/mol. The second-order valence-corrected chi connectivity index (χ2v) is 7.24. The number of aliphatic imine (C=N–C) groups is 1. The molecular weight excluding hydrogens is 336 g/mol. The van der Waals surface area contributed by atoms with Gasteiger partial charge in [0.25, 0.3) is 5.91 Å². The lowest BCUT2D eigenvalue weighted by atomic mass is 9.97. The summed E-state index contributed by atoms with van der Waals surface area (Å²) in [5.41, 5.74) is 2.19. The van der Waals surface area contributed by atoms with E-state index in [0.717, 1.165) is 36.7 Å².